The lowest BCUT2D eigenvalue weighted by Crippen LogP contribution is -2.37. The van der Waals surface area contributed by atoms with E-state index in [4.69, 9.17) is 9.47 Å². The summed E-state index contributed by atoms with van der Waals surface area (Å²) in [5.74, 6) is 0. The molecule has 0 radical (unpaired) electrons. The van der Waals surface area contributed by atoms with Crippen molar-refractivity contribution in [2.45, 2.75) is 71.6 Å². The van der Waals surface area contributed by atoms with Gasteiger partial charge in [-0.25, -0.2) is 4.79 Å². The van der Waals surface area contributed by atoms with Crippen LogP contribution in [0.3, 0.4) is 0 Å². The van der Waals surface area contributed by atoms with Gasteiger partial charge in [0.05, 0.1) is 19.3 Å². The number of benzene rings is 1. The largest absolute Gasteiger partial charge is 0.444 e. The standard InChI is InChI=1S/C20H29NO3/c1-5-14-11-15-8-10-23-13-17(15)16(12-14)18-7-6-9-21(18)19(22)24-20(2,3)4/h11-12,18H,5-10,13H2,1-4H3. The molecule has 2 aliphatic rings. The number of fused-ring (bicyclic) bond motifs is 1. The van der Waals surface area contributed by atoms with Gasteiger partial charge in [-0.3, -0.25) is 0 Å². The van der Waals surface area contributed by atoms with E-state index in [9.17, 15) is 4.79 Å². The van der Waals surface area contributed by atoms with E-state index in [0.717, 1.165) is 38.8 Å². The summed E-state index contributed by atoms with van der Waals surface area (Å²) in [6.45, 7) is 10.2. The van der Waals surface area contributed by atoms with Gasteiger partial charge in [0.2, 0.25) is 0 Å². The van der Waals surface area contributed by atoms with Crippen molar-refractivity contribution >= 4 is 6.09 Å². The summed E-state index contributed by atoms with van der Waals surface area (Å²) >= 11 is 0. The highest BCUT2D eigenvalue weighted by Gasteiger charge is 2.35. The van der Waals surface area contributed by atoms with E-state index < -0.39 is 5.60 Å². The lowest BCUT2D eigenvalue weighted by Gasteiger charge is -2.31. The number of carbonyl (C=O) groups excluding carboxylic acids is 1. The highest BCUT2D eigenvalue weighted by Crippen LogP contribution is 2.38. The Morgan fingerprint density at radius 3 is 2.88 bits per heavy atom. The SMILES string of the molecule is CCc1cc2c(c(C3CCCN3C(=O)OC(C)(C)C)c1)COCC2. The Hall–Kier alpha value is -1.55. The van der Waals surface area contributed by atoms with Crippen LogP contribution in [-0.4, -0.2) is 29.7 Å². The van der Waals surface area contributed by atoms with Crippen molar-refractivity contribution in [1.29, 1.82) is 0 Å². The van der Waals surface area contributed by atoms with Gasteiger partial charge in [0.1, 0.15) is 5.60 Å². The van der Waals surface area contributed by atoms with Gasteiger partial charge in [0.25, 0.3) is 0 Å². The van der Waals surface area contributed by atoms with Crippen LogP contribution in [0, 0.1) is 0 Å². The van der Waals surface area contributed by atoms with E-state index in [2.05, 4.69) is 19.1 Å². The molecule has 2 aliphatic heterocycles. The summed E-state index contributed by atoms with van der Waals surface area (Å²) in [7, 11) is 0. The van der Waals surface area contributed by atoms with Crippen LogP contribution in [0.15, 0.2) is 12.1 Å². The average Bonchev–Trinajstić information content (AvgIpc) is 3.01. The molecule has 2 heterocycles. The van der Waals surface area contributed by atoms with Crippen molar-refractivity contribution < 1.29 is 14.3 Å². The van der Waals surface area contributed by atoms with Crippen LogP contribution >= 0.6 is 0 Å². The van der Waals surface area contributed by atoms with E-state index in [1.165, 1.54) is 22.3 Å². The van der Waals surface area contributed by atoms with Crippen molar-refractivity contribution in [3.05, 3.63) is 34.4 Å². The van der Waals surface area contributed by atoms with Crippen LogP contribution < -0.4 is 0 Å². The molecule has 0 aromatic heterocycles. The highest BCUT2D eigenvalue weighted by atomic mass is 16.6. The molecule has 4 heteroatoms. The number of aryl methyl sites for hydroxylation is 1. The maximum absolute atomic E-state index is 12.6. The highest BCUT2D eigenvalue weighted by molar-refractivity contribution is 5.69. The number of rotatable bonds is 2. The van der Waals surface area contributed by atoms with E-state index in [1.54, 1.807) is 0 Å². The number of ether oxygens (including phenoxy) is 2. The van der Waals surface area contributed by atoms with Gasteiger partial charge in [-0.15, -0.1) is 0 Å². The summed E-state index contributed by atoms with van der Waals surface area (Å²) in [5, 5.41) is 0. The Morgan fingerprint density at radius 2 is 2.17 bits per heavy atom. The summed E-state index contributed by atoms with van der Waals surface area (Å²) in [6, 6.07) is 4.71. The van der Waals surface area contributed by atoms with Gasteiger partial charge in [-0.05, 0) is 68.7 Å². The molecular formula is C20H29NO3. The van der Waals surface area contributed by atoms with Gasteiger partial charge in [-0.2, -0.15) is 0 Å². The number of amides is 1. The van der Waals surface area contributed by atoms with Crippen LogP contribution in [-0.2, 0) is 28.9 Å². The molecule has 0 N–H and O–H groups in total. The summed E-state index contributed by atoms with van der Waals surface area (Å²) < 4.78 is 11.3. The first-order valence-corrected chi connectivity index (χ1v) is 9.11. The van der Waals surface area contributed by atoms with Crippen LogP contribution in [0.2, 0.25) is 0 Å². The minimum Gasteiger partial charge on any atom is -0.444 e. The predicted octanol–water partition coefficient (Wildman–Crippen LogP) is 4.39. The Kier molecular flexibility index (Phi) is 4.86. The quantitative estimate of drug-likeness (QED) is 0.806. The van der Waals surface area contributed by atoms with Gasteiger partial charge >= 0.3 is 6.09 Å². The first-order valence-electron chi connectivity index (χ1n) is 9.11. The number of carbonyl (C=O) groups is 1. The average molecular weight is 331 g/mol. The topological polar surface area (TPSA) is 38.8 Å². The maximum atomic E-state index is 12.6. The third-order valence-electron chi connectivity index (χ3n) is 4.85. The normalized spacial score (nSPS) is 20.8. The zero-order valence-electron chi connectivity index (χ0n) is 15.4. The predicted molar refractivity (Wildman–Crippen MR) is 94.1 cm³/mol. The zero-order valence-corrected chi connectivity index (χ0v) is 15.4. The van der Waals surface area contributed by atoms with Crippen molar-refractivity contribution in [2.75, 3.05) is 13.2 Å². The first kappa shape index (κ1) is 17.3. The molecule has 1 fully saturated rings. The summed E-state index contributed by atoms with van der Waals surface area (Å²) in [4.78, 5) is 14.6. The first-order chi connectivity index (χ1) is 11.4. The second-order valence-corrected chi connectivity index (χ2v) is 7.81. The molecule has 1 amide bonds. The van der Waals surface area contributed by atoms with Gasteiger partial charge in [0, 0.05) is 6.54 Å². The van der Waals surface area contributed by atoms with E-state index >= 15 is 0 Å². The molecule has 1 saturated heterocycles. The molecule has 4 nitrogen and oxygen atoms in total. The lowest BCUT2D eigenvalue weighted by molar-refractivity contribution is 0.0221. The maximum Gasteiger partial charge on any atom is 0.410 e. The molecule has 1 aromatic carbocycles. The van der Waals surface area contributed by atoms with Crippen LogP contribution in [0.4, 0.5) is 4.79 Å². The smallest absolute Gasteiger partial charge is 0.410 e. The lowest BCUT2D eigenvalue weighted by atomic mass is 9.89. The molecule has 0 saturated carbocycles. The molecule has 0 spiro atoms. The minimum absolute atomic E-state index is 0.113. The van der Waals surface area contributed by atoms with E-state index in [1.807, 2.05) is 25.7 Å². The Morgan fingerprint density at radius 1 is 1.38 bits per heavy atom. The van der Waals surface area contributed by atoms with Crippen molar-refractivity contribution in [1.82, 2.24) is 4.90 Å². The number of hydrogen-bond acceptors (Lipinski definition) is 3. The van der Waals surface area contributed by atoms with Crippen LogP contribution in [0.5, 0.6) is 0 Å². The Labute approximate surface area is 145 Å². The van der Waals surface area contributed by atoms with Crippen LogP contribution in [0.25, 0.3) is 0 Å². The van der Waals surface area contributed by atoms with Gasteiger partial charge < -0.3 is 14.4 Å². The molecule has 132 valence electrons. The monoisotopic (exact) mass is 331 g/mol. The fourth-order valence-electron chi connectivity index (χ4n) is 3.71. The molecule has 1 unspecified atom stereocenters. The van der Waals surface area contributed by atoms with E-state index in [-0.39, 0.29) is 12.1 Å². The number of likely N-dealkylation sites (tertiary alicyclic amines) is 1. The van der Waals surface area contributed by atoms with E-state index in [0.29, 0.717) is 6.61 Å². The van der Waals surface area contributed by atoms with Crippen molar-refractivity contribution in [2.24, 2.45) is 0 Å². The summed E-state index contributed by atoms with van der Waals surface area (Å²) in [5.41, 5.74) is 4.84. The third kappa shape index (κ3) is 3.59. The van der Waals surface area contributed by atoms with Crippen molar-refractivity contribution in [3.8, 4) is 0 Å². The fourth-order valence-corrected chi connectivity index (χ4v) is 3.71. The second kappa shape index (κ2) is 6.75. The van der Waals surface area contributed by atoms with Crippen LogP contribution in [0.1, 0.15) is 68.8 Å². The number of hydrogen-bond donors (Lipinski definition) is 0. The molecule has 0 aliphatic carbocycles. The molecule has 1 aromatic rings. The second-order valence-electron chi connectivity index (χ2n) is 7.81. The third-order valence-corrected chi connectivity index (χ3v) is 4.85. The Balaban J connectivity index is 1.93. The van der Waals surface area contributed by atoms with Crippen molar-refractivity contribution in [3.63, 3.8) is 0 Å². The molecule has 24 heavy (non-hydrogen) atoms. The molecule has 3 rings (SSSR count). The van der Waals surface area contributed by atoms with Gasteiger partial charge in [0.15, 0.2) is 0 Å². The number of nitrogens with zero attached hydrogens (tertiary/aromatic N) is 1. The fraction of sp³-hybridized carbons (Fsp3) is 0.650. The Bertz CT molecular complexity index is 618. The molecular weight excluding hydrogens is 302 g/mol. The molecule has 0 bridgehead atoms. The van der Waals surface area contributed by atoms with Gasteiger partial charge in [-0.1, -0.05) is 19.1 Å². The minimum atomic E-state index is -0.460. The molecule has 1 atom stereocenters. The summed E-state index contributed by atoms with van der Waals surface area (Å²) in [6.07, 6.45) is 3.81. The zero-order chi connectivity index (χ0) is 17.3.